The molecule has 0 N–H and O–H groups in total. The number of hydrogen-bond donors (Lipinski definition) is 0. The highest BCUT2D eigenvalue weighted by Crippen LogP contribution is 2.53. The highest BCUT2D eigenvalue weighted by molar-refractivity contribution is 6.03. The van der Waals surface area contributed by atoms with Gasteiger partial charge in [-0.05, 0) is 61.7 Å². The molecule has 0 saturated carbocycles. The van der Waals surface area contributed by atoms with Crippen LogP contribution in [0.4, 0.5) is 5.69 Å². The van der Waals surface area contributed by atoms with E-state index in [1.54, 1.807) is 23.0 Å². The van der Waals surface area contributed by atoms with Crippen molar-refractivity contribution < 1.29 is 14.3 Å². The van der Waals surface area contributed by atoms with E-state index in [4.69, 9.17) is 4.74 Å². The molecular weight excluding hydrogens is 390 g/mol. The van der Waals surface area contributed by atoms with Gasteiger partial charge in [0.15, 0.2) is 0 Å². The molecule has 1 spiro atoms. The number of fused-ring (bicyclic) bond motifs is 1. The SMILES string of the molecule is Cc1cc(CN(C)C(=O)[C@H]2[C@@H]3C=C[C@@]4(CN(c5ccc(C)c(C)c5)C(=O)[C@H]24)O3)ccn1. The first kappa shape index (κ1) is 19.9. The van der Waals surface area contributed by atoms with Gasteiger partial charge in [0.05, 0.1) is 24.5 Å². The maximum absolute atomic E-state index is 13.5. The molecule has 2 saturated heterocycles. The van der Waals surface area contributed by atoms with Gasteiger partial charge in [0, 0.05) is 31.2 Å². The number of carbonyl (C=O) groups is 2. The van der Waals surface area contributed by atoms with E-state index in [1.165, 1.54) is 5.56 Å². The van der Waals surface area contributed by atoms with E-state index in [0.717, 1.165) is 22.5 Å². The normalized spacial score (nSPS) is 28.3. The Morgan fingerprint density at radius 2 is 2.03 bits per heavy atom. The zero-order chi connectivity index (χ0) is 21.9. The lowest BCUT2D eigenvalue weighted by Crippen LogP contribution is -2.44. The van der Waals surface area contributed by atoms with Crippen molar-refractivity contribution >= 4 is 17.5 Å². The third kappa shape index (κ3) is 3.08. The number of benzene rings is 1. The minimum Gasteiger partial charge on any atom is -0.360 e. The number of nitrogens with zero attached hydrogens (tertiary/aromatic N) is 3. The largest absolute Gasteiger partial charge is 0.360 e. The van der Waals surface area contributed by atoms with Crippen molar-refractivity contribution in [2.24, 2.45) is 11.8 Å². The molecule has 4 atom stereocenters. The molecule has 4 heterocycles. The van der Waals surface area contributed by atoms with Crippen molar-refractivity contribution in [3.63, 3.8) is 0 Å². The Bertz CT molecular complexity index is 1110. The number of rotatable bonds is 4. The second-order valence-electron chi connectivity index (χ2n) is 9.09. The van der Waals surface area contributed by atoms with Crippen LogP contribution in [-0.2, 0) is 20.9 Å². The summed E-state index contributed by atoms with van der Waals surface area (Å²) in [6.07, 6.45) is 5.37. The fourth-order valence-corrected chi connectivity index (χ4v) is 5.20. The number of aryl methyl sites for hydroxylation is 3. The Morgan fingerprint density at radius 3 is 2.77 bits per heavy atom. The van der Waals surface area contributed by atoms with Gasteiger partial charge in [-0.1, -0.05) is 18.2 Å². The van der Waals surface area contributed by atoms with Gasteiger partial charge >= 0.3 is 0 Å². The summed E-state index contributed by atoms with van der Waals surface area (Å²) < 4.78 is 6.28. The molecule has 2 bridgehead atoms. The summed E-state index contributed by atoms with van der Waals surface area (Å²) in [5, 5.41) is 0. The Morgan fingerprint density at radius 1 is 1.23 bits per heavy atom. The maximum Gasteiger partial charge on any atom is 0.234 e. The van der Waals surface area contributed by atoms with Crippen molar-refractivity contribution in [3.05, 3.63) is 71.1 Å². The van der Waals surface area contributed by atoms with Crippen molar-refractivity contribution in [1.82, 2.24) is 9.88 Å². The molecule has 2 fully saturated rings. The Hall–Kier alpha value is -2.99. The molecule has 2 amide bonds. The quantitative estimate of drug-likeness (QED) is 0.718. The number of ether oxygens (including phenoxy) is 1. The van der Waals surface area contributed by atoms with Gasteiger partial charge in [-0.2, -0.15) is 0 Å². The molecule has 6 heteroatoms. The summed E-state index contributed by atoms with van der Waals surface area (Å²) in [6, 6.07) is 9.94. The summed E-state index contributed by atoms with van der Waals surface area (Å²) in [5.74, 6) is -1.06. The zero-order valence-corrected chi connectivity index (χ0v) is 18.3. The van der Waals surface area contributed by atoms with E-state index in [9.17, 15) is 9.59 Å². The average molecular weight is 418 g/mol. The second-order valence-corrected chi connectivity index (χ2v) is 9.09. The van der Waals surface area contributed by atoms with Crippen molar-refractivity contribution in [2.45, 2.75) is 39.0 Å². The van der Waals surface area contributed by atoms with Gasteiger partial charge in [0.2, 0.25) is 11.8 Å². The number of amides is 2. The molecule has 5 rings (SSSR count). The molecule has 2 aromatic rings. The maximum atomic E-state index is 13.5. The second kappa shape index (κ2) is 7.02. The minimum absolute atomic E-state index is 0.0263. The van der Waals surface area contributed by atoms with Crippen LogP contribution in [0, 0.1) is 32.6 Å². The van der Waals surface area contributed by atoms with E-state index in [1.807, 2.05) is 56.3 Å². The van der Waals surface area contributed by atoms with E-state index in [-0.39, 0.29) is 17.9 Å². The smallest absolute Gasteiger partial charge is 0.234 e. The molecule has 1 aromatic carbocycles. The molecule has 0 aliphatic carbocycles. The lowest BCUT2D eigenvalue weighted by molar-refractivity contribution is -0.139. The van der Waals surface area contributed by atoms with Crippen LogP contribution in [0.15, 0.2) is 48.7 Å². The minimum atomic E-state index is -0.713. The van der Waals surface area contributed by atoms with E-state index >= 15 is 0 Å². The number of aromatic nitrogens is 1. The molecule has 160 valence electrons. The number of pyridine rings is 1. The standard InChI is InChI=1S/C25H27N3O3/c1-15-5-6-19(11-16(15)2)28-14-25-9-7-20(31-25)21(22(25)24(28)30)23(29)27(4)13-18-8-10-26-17(3)12-18/h5-12,20-22H,13-14H2,1-4H3/t20-,21-,22-,25-/m0/s1. The van der Waals surface area contributed by atoms with Crippen LogP contribution in [0.2, 0.25) is 0 Å². The summed E-state index contributed by atoms with van der Waals surface area (Å²) in [5.41, 5.74) is 4.41. The Kier molecular flexibility index (Phi) is 4.52. The fraction of sp³-hybridized carbons (Fsp3) is 0.400. The first-order chi connectivity index (χ1) is 14.8. The topological polar surface area (TPSA) is 62.7 Å². The van der Waals surface area contributed by atoms with Crippen molar-refractivity contribution in [2.75, 3.05) is 18.5 Å². The highest BCUT2D eigenvalue weighted by Gasteiger charge is 2.67. The van der Waals surface area contributed by atoms with Crippen LogP contribution >= 0.6 is 0 Å². The van der Waals surface area contributed by atoms with Crippen molar-refractivity contribution in [3.8, 4) is 0 Å². The first-order valence-corrected chi connectivity index (χ1v) is 10.7. The van der Waals surface area contributed by atoms with E-state index < -0.39 is 17.4 Å². The van der Waals surface area contributed by atoms with E-state index in [0.29, 0.717) is 13.1 Å². The van der Waals surface area contributed by atoms with Gasteiger partial charge in [0.25, 0.3) is 0 Å². The van der Waals surface area contributed by atoms with Crippen LogP contribution < -0.4 is 4.90 Å². The summed E-state index contributed by atoms with van der Waals surface area (Å²) in [6.45, 7) is 6.96. The fourth-order valence-electron chi connectivity index (χ4n) is 5.20. The first-order valence-electron chi connectivity index (χ1n) is 10.7. The van der Waals surface area contributed by atoms with Gasteiger partial charge in [-0.3, -0.25) is 14.6 Å². The van der Waals surface area contributed by atoms with Crippen LogP contribution in [-0.4, -0.2) is 47.0 Å². The Labute approximate surface area is 182 Å². The highest BCUT2D eigenvalue weighted by atomic mass is 16.5. The molecule has 3 aliphatic heterocycles. The van der Waals surface area contributed by atoms with Gasteiger partial charge in [0.1, 0.15) is 5.60 Å². The molecule has 6 nitrogen and oxygen atoms in total. The van der Waals surface area contributed by atoms with Gasteiger partial charge in [-0.15, -0.1) is 0 Å². The number of anilines is 1. The van der Waals surface area contributed by atoms with Crippen LogP contribution in [0.5, 0.6) is 0 Å². The molecule has 1 aromatic heterocycles. The number of carbonyl (C=O) groups excluding carboxylic acids is 2. The van der Waals surface area contributed by atoms with Crippen LogP contribution in [0.1, 0.15) is 22.4 Å². The number of hydrogen-bond acceptors (Lipinski definition) is 4. The van der Waals surface area contributed by atoms with E-state index in [2.05, 4.69) is 11.9 Å². The third-order valence-corrected chi connectivity index (χ3v) is 6.94. The predicted molar refractivity (Wildman–Crippen MR) is 117 cm³/mol. The van der Waals surface area contributed by atoms with Crippen LogP contribution in [0.25, 0.3) is 0 Å². The van der Waals surface area contributed by atoms with Crippen molar-refractivity contribution in [1.29, 1.82) is 0 Å². The summed E-state index contributed by atoms with van der Waals surface area (Å²) in [7, 11) is 1.79. The van der Waals surface area contributed by atoms with Gasteiger partial charge < -0.3 is 14.5 Å². The molecule has 31 heavy (non-hydrogen) atoms. The zero-order valence-electron chi connectivity index (χ0n) is 18.3. The lowest BCUT2D eigenvalue weighted by atomic mass is 9.76. The molecule has 3 aliphatic rings. The molecular formula is C25H27N3O3. The summed E-state index contributed by atoms with van der Waals surface area (Å²) >= 11 is 0. The summed E-state index contributed by atoms with van der Waals surface area (Å²) in [4.78, 5) is 34.7. The molecule has 0 radical (unpaired) electrons. The van der Waals surface area contributed by atoms with Gasteiger partial charge in [-0.25, -0.2) is 0 Å². The molecule has 0 unspecified atom stereocenters. The Balaban J connectivity index is 1.41. The monoisotopic (exact) mass is 417 g/mol. The average Bonchev–Trinajstić information content (AvgIpc) is 3.38. The lowest BCUT2D eigenvalue weighted by Gasteiger charge is -2.28. The third-order valence-electron chi connectivity index (χ3n) is 6.94. The predicted octanol–water partition coefficient (Wildman–Crippen LogP) is 2.95. The van der Waals surface area contributed by atoms with Crippen LogP contribution in [0.3, 0.4) is 0 Å².